The van der Waals surface area contributed by atoms with Gasteiger partial charge in [-0.15, -0.1) is 0 Å². The molecule has 1 fully saturated rings. The van der Waals surface area contributed by atoms with E-state index in [1.165, 1.54) is 18.9 Å². The van der Waals surface area contributed by atoms with Crippen LogP contribution in [0.25, 0.3) is 0 Å². The van der Waals surface area contributed by atoms with Crippen molar-refractivity contribution in [1.29, 1.82) is 0 Å². The third-order valence-corrected chi connectivity index (χ3v) is 6.72. The van der Waals surface area contributed by atoms with Crippen LogP contribution in [0, 0.1) is 0 Å². The molecular weight excluding hydrogens is 192 g/mol. The Kier molecular flexibility index (Phi) is 3.26. The first-order valence-electron chi connectivity index (χ1n) is 3.97. The van der Waals surface area contributed by atoms with Crippen molar-refractivity contribution < 1.29 is 0 Å². The molecular formula is C7H15BrSi. The molecule has 0 bridgehead atoms. The van der Waals surface area contributed by atoms with Crippen LogP contribution in [0.1, 0.15) is 19.8 Å². The van der Waals surface area contributed by atoms with E-state index in [1.54, 1.807) is 12.1 Å². The van der Waals surface area contributed by atoms with Gasteiger partial charge in [-0.1, -0.05) is 41.0 Å². The summed E-state index contributed by atoms with van der Waals surface area (Å²) in [4.78, 5) is 0.868. The van der Waals surface area contributed by atoms with Gasteiger partial charge in [-0.3, -0.25) is 0 Å². The Morgan fingerprint density at radius 3 is 2.44 bits per heavy atom. The summed E-state index contributed by atoms with van der Waals surface area (Å²) < 4.78 is 0. The van der Waals surface area contributed by atoms with Crippen LogP contribution in [0.2, 0.25) is 18.1 Å². The highest BCUT2D eigenvalue weighted by Crippen LogP contribution is 2.26. The summed E-state index contributed by atoms with van der Waals surface area (Å²) >= 11 is 3.67. The van der Waals surface area contributed by atoms with Gasteiger partial charge in [-0.25, -0.2) is 0 Å². The van der Waals surface area contributed by atoms with Crippen LogP contribution in [0.3, 0.4) is 0 Å². The fourth-order valence-corrected chi connectivity index (χ4v) is 5.89. The Balaban J connectivity index is 2.18. The van der Waals surface area contributed by atoms with Gasteiger partial charge in [0.05, 0.1) is 0 Å². The fourth-order valence-electron chi connectivity index (χ4n) is 1.53. The van der Waals surface area contributed by atoms with Crippen molar-refractivity contribution in [2.24, 2.45) is 0 Å². The van der Waals surface area contributed by atoms with Crippen LogP contribution in [0.4, 0.5) is 0 Å². The maximum absolute atomic E-state index is 3.67. The van der Waals surface area contributed by atoms with Gasteiger partial charge < -0.3 is 0 Å². The smallest absolute Gasteiger partial charge is 0.0365 e. The van der Waals surface area contributed by atoms with Gasteiger partial charge in [-0.05, 0) is 12.8 Å². The van der Waals surface area contributed by atoms with E-state index in [0.29, 0.717) is 0 Å². The molecule has 9 heavy (non-hydrogen) atoms. The van der Waals surface area contributed by atoms with Crippen LogP contribution in [0.5, 0.6) is 0 Å². The lowest BCUT2D eigenvalue weighted by atomic mass is 10.3. The van der Waals surface area contributed by atoms with Gasteiger partial charge in [0.2, 0.25) is 0 Å². The molecule has 0 unspecified atom stereocenters. The van der Waals surface area contributed by atoms with Crippen molar-refractivity contribution in [3.05, 3.63) is 0 Å². The number of alkyl halides is 1. The summed E-state index contributed by atoms with van der Waals surface area (Å²) in [5, 5.41) is 0. The second-order valence-electron chi connectivity index (χ2n) is 3.03. The van der Waals surface area contributed by atoms with Gasteiger partial charge in [0, 0.05) is 13.6 Å². The van der Waals surface area contributed by atoms with Crippen molar-refractivity contribution in [2.45, 2.75) is 42.7 Å². The molecule has 0 aromatic heterocycles. The highest BCUT2D eigenvalue weighted by atomic mass is 79.9. The van der Waals surface area contributed by atoms with E-state index in [0.717, 1.165) is 4.83 Å². The monoisotopic (exact) mass is 206 g/mol. The number of hydrogen-bond acceptors (Lipinski definition) is 0. The van der Waals surface area contributed by atoms with Crippen LogP contribution in [-0.4, -0.2) is 13.6 Å². The zero-order chi connectivity index (χ0) is 6.69. The second-order valence-corrected chi connectivity index (χ2v) is 8.02. The first kappa shape index (κ1) is 7.80. The molecule has 0 radical (unpaired) electrons. The Morgan fingerprint density at radius 1 is 1.44 bits per heavy atom. The Labute approximate surface area is 67.8 Å². The van der Waals surface area contributed by atoms with E-state index in [2.05, 4.69) is 22.9 Å². The molecule has 1 aliphatic rings. The molecule has 1 heterocycles. The summed E-state index contributed by atoms with van der Waals surface area (Å²) in [6, 6.07) is 4.71. The predicted molar refractivity (Wildman–Crippen MR) is 49.2 cm³/mol. The molecule has 1 saturated heterocycles. The third kappa shape index (κ3) is 2.42. The molecule has 0 nitrogen and oxygen atoms in total. The first-order chi connectivity index (χ1) is 4.33. The molecule has 1 rings (SSSR count). The van der Waals surface area contributed by atoms with Gasteiger partial charge in [0.15, 0.2) is 0 Å². The molecule has 0 aromatic carbocycles. The van der Waals surface area contributed by atoms with Gasteiger partial charge >= 0.3 is 0 Å². The minimum atomic E-state index is -0.174. The minimum absolute atomic E-state index is 0.174. The molecule has 0 aromatic rings. The SMILES string of the molecule is CC[SiH]1CCC(Br)CC1. The number of halogens is 1. The highest BCUT2D eigenvalue weighted by Gasteiger charge is 2.17. The second kappa shape index (κ2) is 3.77. The van der Waals surface area contributed by atoms with Crippen LogP contribution >= 0.6 is 15.9 Å². The maximum Gasteiger partial charge on any atom is 0.0365 e. The highest BCUT2D eigenvalue weighted by molar-refractivity contribution is 9.09. The molecule has 0 saturated carbocycles. The van der Waals surface area contributed by atoms with E-state index in [-0.39, 0.29) is 8.80 Å². The van der Waals surface area contributed by atoms with E-state index < -0.39 is 0 Å². The molecule has 0 N–H and O–H groups in total. The topological polar surface area (TPSA) is 0 Å². The van der Waals surface area contributed by atoms with E-state index in [4.69, 9.17) is 0 Å². The largest absolute Gasteiger partial charge is 0.0891 e. The molecule has 0 amide bonds. The van der Waals surface area contributed by atoms with Crippen molar-refractivity contribution in [2.75, 3.05) is 0 Å². The molecule has 54 valence electrons. The van der Waals surface area contributed by atoms with E-state index in [9.17, 15) is 0 Å². The quantitative estimate of drug-likeness (QED) is 0.458. The minimum Gasteiger partial charge on any atom is -0.0891 e. The van der Waals surface area contributed by atoms with Crippen molar-refractivity contribution in [1.82, 2.24) is 0 Å². The molecule has 0 spiro atoms. The first-order valence-corrected chi connectivity index (χ1v) is 7.33. The Hall–Kier alpha value is 0.697. The lowest BCUT2D eigenvalue weighted by Crippen LogP contribution is -2.19. The third-order valence-electron chi connectivity index (χ3n) is 2.35. The average molecular weight is 207 g/mol. The van der Waals surface area contributed by atoms with Gasteiger partial charge in [-0.2, -0.15) is 0 Å². The molecule has 0 atom stereocenters. The Bertz CT molecular complexity index is 77.0. The molecule has 2 heteroatoms. The summed E-state index contributed by atoms with van der Waals surface area (Å²) in [5.41, 5.74) is 0. The predicted octanol–water partition coefficient (Wildman–Crippen LogP) is 2.79. The zero-order valence-electron chi connectivity index (χ0n) is 6.07. The maximum atomic E-state index is 3.67. The van der Waals surface area contributed by atoms with E-state index >= 15 is 0 Å². The van der Waals surface area contributed by atoms with Crippen molar-refractivity contribution in [3.8, 4) is 0 Å². The van der Waals surface area contributed by atoms with Crippen molar-refractivity contribution >= 4 is 24.7 Å². The van der Waals surface area contributed by atoms with E-state index in [1.807, 2.05) is 0 Å². The van der Waals surface area contributed by atoms with Crippen LogP contribution < -0.4 is 0 Å². The fraction of sp³-hybridized carbons (Fsp3) is 1.00. The van der Waals surface area contributed by atoms with Crippen LogP contribution in [-0.2, 0) is 0 Å². The molecule has 0 aliphatic carbocycles. The average Bonchev–Trinajstić information content (AvgIpc) is 1.90. The standard InChI is InChI=1S/C7H15BrSi/c1-2-9-5-3-7(8)4-6-9/h7,9H,2-6H2,1H3. The van der Waals surface area contributed by atoms with Gasteiger partial charge in [0.25, 0.3) is 0 Å². The lowest BCUT2D eigenvalue weighted by molar-refractivity contribution is 0.751. The normalized spacial score (nSPS) is 36.7. The summed E-state index contributed by atoms with van der Waals surface area (Å²) in [6.45, 7) is 2.37. The number of rotatable bonds is 1. The summed E-state index contributed by atoms with van der Waals surface area (Å²) in [6.07, 6.45) is 2.93. The zero-order valence-corrected chi connectivity index (χ0v) is 8.81. The lowest BCUT2D eigenvalue weighted by Gasteiger charge is -2.22. The number of hydrogen-bond donors (Lipinski definition) is 0. The van der Waals surface area contributed by atoms with Crippen LogP contribution in [0.15, 0.2) is 0 Å². The Morgan fingerprint density at radius 2 is 2.00 bits per heavy atom. The summed E-state index contributed by atoms with van der Waals surface area (Å²) in [5.74, 6) is 0. The van der Waals surface area contributed by atoms with Crippen molar-refractivity contribution in [3.63, 3.8) is 0 Å². The molecule has 1 aliphatic heterocycles. The summed E-state index contributed by atoms with van der Waals surface area (Å²) in [7, 11) is -0.174. The van der Waals surface area contributed by atoms with Gasteiger partial charge in [0.1, 0.15) is 0 Å².